The highest BCUT2D eigenvalue weighted by molar-refractivity contribution is 7.84. The molecule has 0 aliphatic carbocycles. The normalized spacial score (nSPS) is 12.8. The van der Waals surface area contributed by atoms with E-state index in [-0.39, 0.29) is 10.2 Å². The molecule has 0 aliphatic heterocycles. The predicted octanol–water partition coefficient (Wildman–Crippen LogP) is 1.75. The number of benzene rings is 1. The third-order valence-electron chi connectivity index (χ3n) is 3.18. The summed E-state index contributed by atoms with van der Waals surface area (Å²) in [4.78, 5) is 16.3. The standard InChI is InChI=1S/C14H15ClFN3O5S2/c1-7-13(12(21)8-3-4-10(16)9(15)5-8)25-14(18-7)19-11(20)6-24-26(22,23)17-2/h3-5,12,17,21H,6H2,1-2H3,(H,18,19,20). The highest BCUT2D eigenvalue weighted by atomic mass is 35.5. The van der Waals surface area contributed by atoms with Gasteiger partial charge in [-0.25, -0.2) is 13.6 Å². The quantitative estimate of drug-likeness (QED) is 0.624. The smallest absolute Gasteiger partial charge is 0.336 e. The number of thiazole rings is 1. The molecular formula is C14H15ClFN3O5S2. The van der Waals surface area contributed by atoms with E-state index in [2.05, 4.69) is 14.5 Å². The van der Waals surface area contributed by atoms with Crippen molar-refractivity contribution >= 4 is 44.3 Å². The van der Waals surface area contributed by atoms with E-state index in [1.807, 2.05) is 4.72 Å². The van der Waals surface area contributed by atoms with Gasteiger partial charge in [0.15, 0.2) is 5.13 Å². The molecule has 1 unspecified atom stereocenters. The van der Waals surface area contributed by atoms with Gasteiger partial charge in [-0.1, -0.05) is 29.0 Å². The Balaban J connectivity index is 2.10. The number of aryl methyl sites for hydroxylation is 1. The minimum Gasteiger partial charge on any atom is -0.383 e. The average Bonchev–Trinajstić information content (AvgIpc) is 2.95. The Morgan fingerprint density at radius 1 is 1.50 bits per heavy atom. The molecule has 2 rings (SSSR count). The Morgan fingerprint density at radius 2 is 2.19 bits per heavy atom. The zero-order valence-electron chi connectivity index (χ0n) is 13.6. The predicted molar refractivity (Wildman–Crippen MR) is 94.9 cm³/mol. The molecule has 142 valence electrons. The second-order valence-corrected chi connectivity index (χ2v) is 8.00. The number of amides is 1. The molecule has 26 heavy (non-hydrogen) atoms. The lowest BCUT2D eigenvalue weighted by Gasteiger charge is -2.10. The van der Waals surface area contributed by atoms with E-state index in [1.165, 1.54) is 12.1 Å². The molecule has 0 radical (unpaired) electrons. The number of aliphatic hydroxyl groups is 1. The van der Waals surface area contributed by atoms with Crippen molar-refractivity contribution in [2.24, 2.45) is 0 Å². The Bertz CT molecular complexity index is 919. The fraction of sp³-hybridized carbons (Fsp3) is 0.286. The minimum absolute atomic E-state index is 0.125. The van der Waals surface area contributed by atoms with Crippen molar-refractivity contribution in [1.82, 2.24) is 9.71 Å². The molecule has 0 fully saturated rings. The monoisotopic (exact) mass is 423 g/mol. The van der Waals surface area contributed by atoms with Gasteiger partial charge in [-0.2, -0.15) is 13.1 Å². The number of aromatic nitrogens is 1. The van der Waals surface area contributed by atoms with Crippen LogP contribution in [0.5, 0.6) is 0 Å². The summed E-state index contributed by atoms with van der Waals surface area (Å²) in [6, 6.07) is 3.83. The molecule has 0 aliphatic rings. The van der Waals surface area contributed by atoms with E-state index in [9.17, 15) is 22.7 Å². The summed E-state index contributed by atoms with van der Waals surface area (Å²) in [5.41, 5.74) is 0.812. The summed E-state index contributed by atoms with van der Waals surface area (Å²) in [6.07, 6.45) is -1.11. The van der Waals surface area contributed by atoms with Crippen molar-refractivity contribution in [3.63, 3.8) is 0 Å². The molecule has 0 spiro atoms. The second kappa shape index (κ2) is 8.37. The lowest BCUT2D eigenvalue weighted by molar-refractivity contribution is -0.118. The van der Waals surface area contributed by atoms with Crippen LogP contribution in [0.15, 0.2) is 18.2 Å². The van der Waals surface area contributed by atoms with Crippen LogP contribution >= 0.6 is 22.9 Å². The van der Waals surface area contributed by atoms with Crippen molar-refractivity contribution < 1.29 is 26.9 Å². The molecule has 8 nitrogen and oxygen atoms in total. The first-order chi connectivity index (χ1) is 12.1. The molecule has 0 saturated carbocycles. The third kappa shape index (κ3) is 5.19. The number of carbonyl (C=O) groups is 1. The maximum Gasteiger partial charge on any atom is 0.336 e. The lowest BCUT2D eigenvalue weighted by atomic mass is 10.1. The molecule has 1 atom stereocenters. The van der Waals surface area contributed by atoms with Gasteiger partial charge in [0.2, 0.25) is 0 Å². The number of hydrogen-bond donors (Lipinski definition) is 3. The van der Waals surface area contributed by atoms with Crippen LogP contribution < -0.4 is 10.0 Å². The van der Waals surface area contributed by atoms with Gasteiger partial charge < -0.3 is 5.11 Å². The number of carbonyl (C=O) groups excluding carboxylic acids is 1. The summed E-state index contributed by atoms with van der Waals surface area (Å²) >= 11 is 6.71. The SMILES string of the molecule is CNS(=O)(=O)OCC(=O)Nc1nc(C)c(C(O)c2ccc(F)c(Cl)c2)s1. The second-order valence-electron chi connectivity index (χ2n) is 5.01. The van der Waals surface area contributed by atoms with E-state index >= 15 is 0 Å². The minimum atomic E-state index is -3.98. The number of nitrogens with one attached hydrogen (secondary N) is 2. The number of anilines is 1. The van der Waals surface area contributed by atoms with E-state index < -0.39 is 34.7 Å². The summed E-state index contributed by atoms with van der Waals surface area (Å²) in [5.74, 6) is -1.34. The molecule has 0 saturated heterocycles. The third-order valence-corrected chi connectivity index (χ3v) is 5.52. The zero-order chi connectivity index (χ0) is 19.5. The number of hydrogen-bond acceptors (Lipinski definition) is 7. The number of nitrogens with zero attached hydrogens (tertiary/aromatic N) is 1. The number of halogens is 2. The van der Waals surface area contributed by atoms with E-state index in [0.717, 1.165) is 24.5 Å². The Kier molecular flexibility index (Phi) is 6.66. The molecule has 1 aromatic heterocycles. The number of rotatable bonds is 7. The van der Waals surface area contributed by atoms with E-state index in [0.29, 0.717) is 16.1 Å². The van der Waals surface area contributed by atoms with Crippen LogP contribution in [0, 0.1) is 12.7 Å². The van der Waals surface area contributed by atoms with Crippen molar-refractivity contribution in [3.8, 4) is 0 Å². The Hall–Kier alpha value is -1.63. The molecule has 1 aromatic carbocycles. The first kappa shape index (κ1) is 20.7. The number of aliphatic hydroxyl groups excluding tert-OH is 1. The summed E-state index contributed by atoms with van der Waals surface area (Å²) < 4.78 is 41.8. The van der Waals surface area contributed by atoms with Crippen molar-refractivity contribution in [1.29, 1.82) is 0 Å². The molecule has 3 N–H and O–H groups in total. The van der Waals surface area contributed by atoms with Crippen LogP contribution in [0.25, 0.3) is 0 Å². The first-order valence-electron chi connectivity index (χ1n) is 7.11. The lowest BCUT2D eigenvalue weighted by Crippen LogP contribution is -2.27. The van der Waals surface area contributed by atoms with Crippen LogP contribution in [0.4, 0.5) is 9.52 Å². The first-order valence-corrected chi connectivity index (χ1v) is 9.71. The van der Waals surface area contributed by atoms with Gasteiger partial charge in [0.1, 0.15) is 18.5 Å². The zero-order valence-corrected chi connectivity index (χ0v) is 16.0. The van der Waals surface area contributed by atoms with E-state index in [1.54, 1.807) is 6.92 Å². The topological polar surface area (TPSA) is 118 Å². The van der Waals surface area contributed by atoms with Gasteiger partial charge in [0.05, 0.1) is 15.6 Å². The largest absolute Gasteiger partial charge is 0.383 e. The molecule has 1 amide bonds. The average molecular weight is 424 g/mol. The Labute approximate surface area is 158 Å². The van der Waals surface area contributed by atoms with Gasteiger partial charge in [-0.15, -0.1) is 0 Å². The van der Waals surface area contributed by atoms with Gasteiger partial charge in [-0.05, 0) is 24.6 Å². The van der Waals surface area contributed by atoms with Crippen LogP contribution in [0.2, 0.25) is 5.02 Å². The maximum absolute atomic E-state index is 13.2. The maximum atomic E-state index is 13.2. The van der Waals surface area contributed by atoms with Crippen LogP contribution in [0.1, 0.15) is 22.2 Å². The highest BCUT2D eigenvalue weighted by Crippen LogP contribution is 2.33. The van der Waals surface area contributed by atoms with Gasteiger partial charge in [0, 0.05) is 7.05 Å². The summed E-state index contributed by atoms with van der Waals surface area (Å²) in [7, 11) is -2.83. The molecule has 12 heteroatoms. The van der Waals surface area contributed by atoms with Crippen molar-refractivity contribution in [2.75, 3.05) is 19.0 Å². The molecular weight excluding hydrogens is 409 g/mol. The van der Waals surface area contributed by atoms with Crippen molar-refractivity contribution in [2.45, 2.75) is 13.0 Å². The van der Waals surface area contributed by atoms with Gasteiger partial charge in [0.25, 0.3) is 5.91 Å². The van der Waals surface area contributed by atoms with Gasteiger partial charge >= 0.3 is 10.3 Å². The Morgan fingerprint density at radius 3 is 2.81 bits per heavy atom. The molecule has 1 heterocycles. The summed E-state index contributed by atoms with van der Waals surface area (Å²) in [6.45, 7) is 0.894. The van der Waals surface area contributed by atoms with Crippen LogP contribution in [-0.4, -0.2) is 38.1 Å². The summed E-state index contributed by atoms with van der Waals surface area (Å²) in [5, 5.41) is 12.9. The van der Waals surface area contributed by atoms with Crippen molar-refractivity contribution in [3.05, 3.63) is 45.2 Å². The fourth-order valence-corrected chi connectivity index (χ4v) is 3.46. The van der Waals surface area contributed by atoms with E-state index in [4.69, 9.17) is 11.6 Å². The molecule has 2 aromatic rings. The van der Waals surface area contributed by atoms with Crippen LogP contribution in [0.3, 0.4) is 0 Å². The van der Waals surface area contributed by atoms with Gasteiger partial charge in [-0.3, -0.25) is 10.1 Å². The fourth-order valence-electron chi connectivity index (χ4n) is 1.89. The highest BCUT2D eigenvalue weighted by Gasteiger charge is 2.20. The molecule has 0 bridgehead atoms. The van der Waals surface area contributed by atoms with Crippen LogP contribution in [-0.2, 0) is 19.3 Å².